The van der Waals surface area contributed by atoms with Crippen LogP contribution in [-0.2, 0) is 28.6 Å². The summed E-state index contributed by atoms with van der Waals surface area (Å²) in [7, 11) is 0. The lowest BCUT2D eigenvalue weighted by Gasteiger charge is -2.29. The lowest BCUT2D eigenvalue weighted by Crippen LogP contribution is -2.46. The number of ketones is 1. The molecule has 0 aliphatic heterocycles. The third-order valence-electron chi connectivity index (χ3n) is 3.07. The zero-order valence-electron chi connectivity index (χ0n) is 16.8. The molecule has 27 heavy (non-hydrogen) atoms. The average Bonchev–Trinajstić information content (AvgIpc) is 2.49. The molecule has 0 unspecified atom stereocenters. The van der Waals surface area contributed by atoms with Gasteiger partial charge in [-0.3, -0.25) is 9.59 Å². The standard InChI is InChI=1S/C18H28N2O7/c1-8-25-14(22)13(10-9-12(21)11-19-7)20-16(24)27-18(5,6)26-15(23)17(2,3)4/h11,13H,7-10H2,1-6H3/p+1/t13-/m0/s1. The van der Waals surface area contributed by atoms with Crippen molar-refractivity contribution in [3.63, 3.8) is 0 Å². The van der Waals surface area contributed by atoms with Gasteiger partial charge in [-0.25, -0.2) is 9.59 Å². The van der Waals surface area contributed by atoms with E-state index in [4.69, 9.17) is 14.2 Å². The van der Waals surface area contributed by atoms with Gasteiger partial charge in [0.05, 0.1) is 12.0 Å². The third-order valence-corrected chi connectivity index (χ3v) is 3.07. The molecule has 0 bridgehead atoms. The molecule has 0 heterocycles. The fourth-order valence-electron chi connectivity index (χ4n) is 1.74. The number of ether oxygens (including phenoxy) is 3. The van der Waals surface area contributed by atoms with Crippen LogP contribution in [0.1, 0.15) is 54.4 Å². The highest BCUT2D eigenvalue weighted by Gasteiger charge is 2.34. The van der Waals surface area contributed by atoms with Crippen LogP contribution in [-0.4, -0.2) is 55.2 Å². The van der Waals surface area contributed by atoms with Crippen LogP contribution >= 0.6 is 0 Å². The zero-order chi connectivity index (χ0) is 21.3. The molecule has 0 rings (SSSR count). The summed E-state index contributed by atoms with van der Waals surface area (Å²) < 4.78 is 18.5. The van der Waals surface area contributed by atoms with Crippen LogP contribution in [0.15, 0.2) is 0 Å². The summed E-state index contributed by atoms with van der Waals surface area (Å²) in [5, 5.41) is 2.33. The molecule has 0 spiro atoms. The summed E-state index contributed by atoms with van der Waals surface area (Å²) in [5.41, 5.74) is -0.777. The van der Waals surface area contributed by atoms with Gasteiger partial charge in [0, 0.05) is 20.3 Å². The number of amides is 1. The molecule has 0 aromatic carbocycles. The fraction of sp³-hybridized carbons (Fsp3) is 0.667. The minimum Gasteiger partial charge on any atom is -0.464 e. The quantitative estimate of drug-likeness (QED) is 0.273. The number of esters is 2. The SMILES string of the molecule is C=[N+]=CC(=O)CC[C@H](NC(=O)OC(C)(C)OC(=O)C(C)(C)C)C(=O)OCC. The Bertz CT molecular complexity index is 614. The molecule has 0 fully saturated rings. The lowest BCUT2D eigenvalue weighted by molar-refractivity contribution is -0.203. The number of rotatable bonds is 9. The second-order valence-electron chi connectivity index (χ2n) is 7.19. The van der Waals surface area contributed by atoms with E-state index in [-0.39, 0.29) is 25.2 Å². The van der Waals surface area contributed by atoms with Gasteiger partial charge in [0.1, 0.15) is 6.04 Å². The maximum atomic E-state index is 12.1. The first-order valence-electron chi connectivity index (χ1n) is 8.54. The fourth-order valence-corrected chi connectivity index (χ4v) is 1.74. The molecule has 1 atom stereocenters. The van der Waals surface area contributed by atoms with Crippen LogP contribution < -0.4 is 9.98 Å². The van der Waals surface area contributed by atoms with Crippen molar-refractivity contribution in [2.45, 2.75) is 66.2 Å². The maximum Gasteiger partial charge on any atom is 0.411 e. The molecule has 0 aromatic rings. The molecule has 0 radical (unpaired) electrons. The van der Waals surface area contributed by atoms with E-state index in [9.17, 15) is 19.2 Å². The topological polar surface area (TPSA) is 122 Å². The van der Waals surface area contributed by atoms with Gasteiger partial charge in [-0.05, 0) is 34.1 Å². The largest absolute Gasteiger partial charge is 0.464 e. The van der Waals surface area contributed by atoms with Crippen molar-refractivity contribution >= 4 is 36.7 Å². The van der Waals surface area contributed by atoms with Crippen LogP contribution in [0.2, 0.25) is 0 Å². The van der Waals surface area contributed by atoms with Crippen molar-refractivity contribution in [3.8, 4) is 0 Å². The van der Waals surface area contributed by atoms with Crippen molar-refractivity contribution in [1.82, 2.24) is 9.98 Å². The highest BCUT2D eigenvalue weighted by atomic mass is 16.7. The summed E-state index contributed by atoms with van der Waals surface area (Å²) in [6, 6.07) is -1.10. The van der Waals surface area contributed by atoms with Gasteiger partial charge in [-0.1, -0.05) is 0 Å². The van der Waals surface area contributed by atoms with Gasteiger partial charge in [0.2, 0.25) is 5.78 Å². The number of hydrogen-bond donors (Lipinski definition) is 1. The third kappa shape index (κ3) is 10.2. The van der Waals surface area contributed by atoms with E-state index < -0.39 is 35.3 Å². The van der Waals surface area contributed by atoms with Gasteiger partial charge in [0.15, 0.2) is 0 Å². The van der Waals surface area contributed by atoms with E-state index in [1.54, 1.807) is 27.7 Å². The Morgan fingerprint density at radius 2 is 1.70 bits per heavy atom. The molecule has 0 aliphatic carbocycles. The Kier molecular flexibility index (Phi) is 9.44. The van der Waals surface area contributed by atoms with Crippen molar-refractivity contribution in [2.75, 3.05) is 6.61 Å². The van der Waals surface area contributed by atoms with Crippen molar-refractivity contribution in [1.29, 1.82) is 0 Å². The molecule has 1 amide bonds. The molecule has 0 saturated carbocycles. The molecular weight excluding hydrogens is 356 g/mol. The smallest absolute Gasteiger partial charge is 0.411 e. The van der Waals surface area contributed by atoms with Crippen LogP contribution in [0.4, 0.5) is 4.79 Å². The highest BCUT2D eigenvalue weighted by Crippen LogP contribution is 2.21. The van der Waals surface area contributed by atoms with E-state index in [0.29, 0.717) is 0 Å². The number of hydrogen-bond acceptors (Lipinski definition) is 7. The number of Topliss-reactive ketones (excluding diaryl/α,β-unsaturated/α-hetero) is 1. The molecule has 152 valence electrons. The van der Waals surface area contributed by atoms with Crippen LogP contribution in [0.25, 0.3) is 0 Å². The predicted octanol–water partition coefficient (Wildman–Crippen LogP) is 1.16. The average molecular weight is 385 g/mol. The van der Waals surface area contributed by atoms with Gasteiger partial charge in [-0.2, -0.15) is 0 Å². The summed E-state index contributed by atoms with van der Waals surface area (Å²) in [6.45, 7) is 12.7. The Morgan fingerprint density at radius 1 is 1.11 bits per heavy atom. The number of nitrogens with one attached hydrogen (secondary N) is 1. The first-order chi connectivity index (χ1) is 12.3. The highest BCUT2D eigenvalue weighted by molar-refractivity contribution is 6.27. The summed E-state index contributed by atoms with van der Waals surface area (Å²) in [5.74, 6) is -3.17. The van der Waals surface area contributed by atoms with E-state index in [1.165, 1.54) is 13.8 Å². The van der Waals surface area contributed by atoms with Gasteiger partial charge < -0.3 is 19.5 Å². The molecule has 1 N–H and O–H groups in total. The van der Waals surface area contributed by atoms with E-state index in [2.05, 4.69) is 16.7 Å². The summed E-state index contributed by atoms with van der Waals surface area (Å²) in [4.78, 5) is 47.6. The first-order valence-corrected chi connectivity index (χ1v) is 8.54. The number of alkyl carbamates (subject to hydrolysis) is 1. The van der Waals surface area contributed by atoms with Gasteiger partial charge in [-0.15, -0.1) is 4.67 Å². The first kappa shape index (κ1) is 24.3. The van der Waals surface area contributed by atoms with E-state index in [1.807, 2.05) is 0 Å². The minimum absolute atomic E-state index is 0.0129. The van der Waals surface area contributed by atoms with Crippen molar-refractivity contribution < 1.29 is 33.4 Å². The molecule has 0 saturated heterocycles. The zero-order valence-corrected chi connectivity index (χ0v) is 16.8. The number of nitrogens with zero attached hydrogens (tertiary/aromatic N) is 1. The minimum atomic E-state index is -1.55. The van der Waals surface area contributed by atoms with Gasteiger partial charge >= 0.3 is 24.2 Å². The second kappa shape index (κ2) is 10.5. The lowest BCUT2D eigenvalue weighted by atomic mass is 9.97. The Morgan fingerprint density at radius 3 is 2.19 bits per heavy atom. The Balaban J connectivity index is 4.95. The molecule has 0 aromatic heterocycles. The predicted molar refractivity (Wildman–Crippen MR) is 99.2 cm³/mol. The number of carbonyl (C=O) groups excluding carboxylic acids is 4. The Labute approximate surface area is 159 Å². The summed E-state index contributed by atoms with van der Waals surface area (Å²) in [6.07, 6.45) is -0.0278. The van der Waals surface area contributed by atoms with Crippen molar-refractivity contribution in [3.05, 3.63) is 0 Å². The molecule has 0 aliphatic rings. The second-order valence-corrected chi connectivity index (χ2v) is 7.19. The maximum absolute atomic E-state index is 12.1. The normalized spacial score (nSPS) is 12.2. The van der Waals surface area contributed by atoms with Crippen molar-refractivity contribution in [2.24, 2.45) is 5.41 Å². The van der Waals surface area contributed by atoms with Crippen LogP contribution in [0.3, 0.4) is 0 Å². The monoisotopic (exact) mass is 385 g/mol. The van der Waals surface area contributed by atoms with Crippen LogP contribution in [0.5, 0.6) is 0 Å². The van der Waals surface area contributed by atoms with Gasteiger partial charge in [0.25, 0.3) is 12.5 Å². The Hall–Kier alpha value is -2.67. The summed E-state index contributed by atoms with van der Waals surface area (Å²) >= 11 is 0. The van der Waals surface area contributed by atoms with E-state index >= 15 is 0 Å². The number of carbonyl (C=O) groups is 4. The molecule has 9 heteroatoms. The van der Waals surface area contributed by atoms with E-state index in [0.717, 1.165) is 6.21 Å². The molecular formula is C18H29N2O7+. The molecule has 9 nitrogen and oxygen atoms in total. The van der Waals surface area contributed by atoms with Crippen LogP contribution in [0, 0.1) is 5.41 Å².